The van der Waals surface area contributed by atoms with E-state index in [0.29, 0.717) is 16.9 Å². The normalized spacial score (nSPS) is 23.7. The van der Waals surface area contributed by atoms with Gasteiger partial charge in [0.1, 0.15) is 29.7 Å². The van der Waals surface area contributed by atoms with Gasteiger partial charge in [-0.3, -0.25) is 18.4 Å². The van der Waals surface area contributed by atoms with Crippen molar-refractivity contribution in [2.75, 3.05) is 34.0 Å². The van der Waals surface area contributed by atoms with Crippen LogP contribution in [-0.4, -0.2) is 99.6 Å². The van der Waals surface area contributed by atoms with E-state index in [2.05, 4.69) is 20.0 Å². The number of rotatable bonds is 14. The van der Waals surface area contributed by atoms with Crippen molar-refractivity contribution >= 4 is 30.8 Å². The minimum absolute atomic E-state index is 0.0431. The van der Waals surface area contributed by atoms with Crippen molar-refractivity contribution in [2.24, 2.45) is 0 Å². The Morgan fingerprint density at radius 3 is 2.59 bits per heavy atom. The number of nitrogens with one attached hydrogen (secondary N) is 1. The van der Waals surface area contributed by atoms with Crippen LogP contribution >= 0.6 is 7.75 Å². The third kappa shape index (κ3) is 7.41. The average Bonchev–Trinajstić information content (AvgIpc) is 3.51. The Balaban J connectivity index is 1.57. The van der Waals surface area contributed by atoms with Gasteiger partial charge < -0.3 is 29.2 Å². The number of imidazole rings is 1. The van der Waals surface area contributed by atoms with E-state index < -0.39 is 63.0 Å². The number of aryl methyl sites for hydroxylation is 1. The zero-order valence-corrected chi connectivity index (χ0v) is 25.8. The summed E-state index contributed by atoms with van der Waals surface area (Å²) >= 11 is 0. The van der Waals surface area contributed by atoms with Crippen LogP contribution < -0.4 is 9.82 Å². The first kappa shape index (κ1) is 33.4. The number of hydrogen-bond donors (Lipinski definition) is 3. The molecule has 0 amide bonds. The third-order valence-corrected chi connectivity index (χ3v) is 8.44. The molecule has 17 heteroatoms. The fraction of sp³-hybridized carbons (Fsp3) is 0.519. The van der Waals surface area contributed by atoms with Gasteiger partial charge in [0.15, 0.2) is 24.0 Å². The van der Waals surface area contributed by atoms with Crippen molar-refractivity contribution in [3.05, 3.63) is 48.0 Å². The molecule has 0 aliphatic carbocycles. The van der Waals surface area contributed by atoms with Gasteiger partial charge >= 0.3 is 19.7 Å². The van der Waals surface area contributed by atoms with Crippen LogP contribution in [0.1, 0.15) is 31.5 Å². The standard InChI is InChI=1S/C27H36N5O11P/c1-6-40-20(33)14-42-44(37,31-18(25(35)39-5)12-17-10-8-7-9-11-17)41-13-19-22(34)27(3,36)26(43-19)32-15-28-21-23(32)29-16(2)30-24(21)38-4/h7-11,15,18-19,22,26,34,36H,6,12-14H2,1-5H3,(H,31,37)/t18-,19+,22?,26+,27-,44?/m0/s1. The molecule has 16 nitrogen and oxygen atoms in total. The minimum atomic E-state index is -4.49. The predicted molar refractivity (Wildman–Crippen MR) is 152 cm³/mol. The van der Waals surface area contributed by atoms with E-state index in [-0.39, 0.29) is 24.6 Å². The van der Waals surface area contributed by atoms with E-state index in [9.17, 15) is 24.4 Å². The van der Waals surface area contributed by atoms with Crippen LogP contribution in [0.3, 0.4) is 0 Å². The van der Waals surface area contributed by atoms with Crippen molar-refractivity contribution in [1.29, 1.82) is 0 Å². The van der Waals surface area contributed by atoms with Gasteiger partial charge in [0.05, 0.1) is 33.8 Å². The van der Waals surface area contributed by atoms with E-state index in [1.54, 1.807) is 44.2 Å². The van der Waals surface area contributed by atoms with Crippen molar-refractivity contribution < 1.29 is 52.4 Å². The van der Waals surface area contributed by atoms with E-state index in [4.69, 9.17) is 28.0 Å². The molecule has 2 unspecified atom stereocenters. The monoisotopic (exact) mass is 637 g/mol. The lowest BCUT2D eigenvalue weighted by Gasteiger charge is -2.27. The second-order valence-electron chi connectivity index (χ2n) is 10.1. The zero-order valence-electron chi connectivity index (χ0n) is 24.9. The summed E-state index contributed by atoms with van der Waals surface area (Å²) in [4.78, 5) is 37.5. The first-order valence-electron chi connectivity index (χ1n) is 13.7. The van der Waals surface area contributed by atoms with Gasteiger partial charge in [-0.1, -0.05) is 30.3 Å². The molecule has 0 spiro atoms. The van der Waals surface area contributed by atoms with Crippen LogP contribution in [0.5, 0.6) is 5.88 Å². The molecule has 1 aliphatic rings. The Kier molecular flexibility index (Phi) is 10.7. The SMILES string of the molecule is CCOC(=O)COP(=O)(N[C@@H](Cc1ccccc1)C(=O)OC)OC[C@H]1O[C@@H](n2cnc3c(OC)nc(C)nc32)[C@@](C)(O)C1O. The number of benzene rings is 1. The molecule has 1 saturated heterocycles. The highest BCUT2D eigenvalue weighted by Crippen LogP contribution is 2.47. The maximum absolute atomic E-state index is 13.9. The number of hydrogen-bond acceptors (Lipinski definition) is 14. The molecule has 1 aliphatic heterocycles. The summed E-state index contributed by atoms with van der Waals surface area (Å²) in [7, 11) is -1.90. The van der Waals surface area contributed by atoms with Crippen molar-refractivity contribution in [3.8, 4) is 5.88 Å². The molecule has 3 aromatic rings. The molecule has 1 fully saturated rings. The number of methoxy groups -OCH3 is 2. The van der Waals surface area contributed by atoms with Crippen LogP contribution in [0.4, 0.5) is 0 Å². The topological polar surface area (TPSA) is 203 Å². The summed E-state index contributed by atoms with van der Waals surface area (Å²) < 4.78 is 47.3. The first-order valence-corrected chi connectivity index (χ1v) is 15.2. The second kappa shape index (κ2) is 14.1. The fourth-order valence-corrected chi connectivity index (χ4v) is 6.09. The highest BCUT2D eigenvalue weighted by atomic mass is 31.2. The third-order valence-electron chi connectivity index (χ3n) is 6.85. The van der Waals surface area contributed by atoms with Crippen molar-refractivity contribution in [1.82, 2.24) is 24.6 Å². The number of aliphatic hydroxyl groups excluding tert-OH is 1. The number of carbonyl (C=O) groups excluding carboxylic acids is 2. The Morgan fingerprint density at radius 1 is 1.20 bits per heavy atom. The molecular weight excluding hydrogens is 601 g/mol. The van der Waals surface area contributed by atoms with E-state index >= 15 is 0 Å². The zero-order chi connectivity index (χ0) is 32.1. The lowest BCUT2D eigenvalue weighted by Crippen LogP contribution is -2.44. The lowest BCUT2D eigenvalue weighted by atomic mass is 9.96. The van der Waals surface area contributed by atoms with E-state index in [1.165, 1.54) is 32.0 Å². The van der Waals surface area contributed by atoms with Gasteiger partial charge in [-0.15, -0.1) is 0 Å². The molecule has 2 aromatic heterocycles. The van der Waals surface area contributed by atoms with Crippen molar-refractivity contribution in [2.45, 2.75) is 57.3 Å². The van der Waals surface area contributed by atoms with Crippen LogP contribution in [-0.2, 0) is 43.8 Å². The number of aliphatic hydroxyl groups is 2. The van der Waals surface area contributed by atoms with E-state index in [0.717, 1.165) is 0 Å². The lowest BCUT2D eigenvalue weighted by molar-refractivity contribution is -0.145. The first-order chi connectivity index (χ1) is 20.9. The van der Waals surface area contributed by atoms with Crippen LogP contribution in [0.15, 0.2) is 36.7 Å². The summed E-state index contributed by atoms with van der Waals surface area (Å²) in [5, 5.41) is 24.9. The van der Waals surface area contributed by atoms with Gasteiger partial charge in [0.25, 0.3) is 0 Å². The summed E-state index contributed by atoms with van der Waals surface area (Å²) in [6, 6.07) is 7.64. The quantitative estimate of drug-likeness (QED) is 0.168. The summed E-state index contributed by atoms with van der Waals surface area (Å²) in [5.41, 5.74) is -0.608. The number of carbonyl (C=O) groups is 2. The van der Waals surface area contributed by atoms with Crippen LogP contribution in [0.25, 0.3) is 11.2 Å². The number of aromatic nitrogens is 4. The number of nitrogens with zero attached hydrogens (tertiary/aromatic N) is 4. The Morgan fingerprint density at radius 2 is 1.93 bits per heavy atom. The van der Waals surface area contributed by atoms with Crippen LogP contribution in [0.2, 0.25) is 0 Å². The maximum atomic E-state index is 13.9. The van der Waals surface area contributed by atoms with Gasteiger partial charge in [0.2, 0.25) is 5.88 Å². The Bertz CT molecular complexity index is 1500. The second-order valence-corrected chi connectivity index (χ2v) is 11.8. The molecule has 44 heavy (non-hydrogen) atoms. The predicted octanol–water partition coefficient (Wildman–Crippen LogP) is 1.23. The fourth-order valence-electron chi connectivity index (χ4n) is 4.67. The molecule has 0 saturated carbocycles. The highest BCUT2D eigenvalue weighted by Gasteiger charge is 2.54. The average molecular weight is 638 g/mol. The van der Waals surface area contributed by atoms with Crippen LogP contribution in [0, 0.1) is 6.92 Å². The highest BCUT2D eigenvalue weighted by molar-refractivity contribution is 7.51. The summed E-state index contributed by atoms with van der Waals surface area (Å²) in [6.45, 7) is 3.28. The Labute approximate surface area is 253 Å². The van der Waals surface area contributed by atoms with Crippen molar-refractivity contribution in [3.63, 3.8) is 0 Å². The number of esters is 2. The summed E-state index contributed by atoms with van der Waals surface area (Å²) in [6.07, 6.45) is -2.64. The molecule has 240 valence electrons. The largest absolute Gasteiger partial charge is 0.479 e. The Hall–Kier alpha value is -3.50. The molecule has 1 aromatic carbocycles. The molecule has 0 bridgehead atoms. The van der Waals surface area contributed by atoms with E-state index in [1.807, 2.05) is 0 Å². The van der Waals surface area contributed by atoms with Gasteiger partial charge in [0, 0.05) is 0 Å². The molecular formula is C27H36N5O11P. The molecule has 0 radical (unpaired) electrons. The van der Waals surface area contributed by atoms with Gasteiger partial charge in [-0.05, 0) is 32.8 Å². The minimum Gasteiger partial charge on any atom is -0.479 e. The molecule has 6 atom stereocenters. The molecule has 4 rings (SSSR count). The van der Waals surface area contributed by atoms with Gasteiger partial charge in [-0.25, -0.2) is 24.4 Å². The maximum Gasteiger partial charge on any atom is 0.406 e. The number of fused-ring (bicyclic) bond motifs is 1. The smallest absolute Gasteiger partial charge is 0.406 e. The summed E-state index contributed by atoms with van der Waals surface area (Å²) in [5.74, 6) is -1.01. The number of ether oxygens (including phenoxy) is 4. The molecule has 3 N–H and O–H groups in total. The molecule has 3 heterocycles. The van der Waals surface area contributed by atoms with Gasteiger partial charge in [-0.2, -0.15) is 4.98 Å².